The molecule has 8 heteroatoms. The fraction of sp³-hybridized carbons (Fsp3) is 0.435. The molecule has 2 aromatic carbocycles. The van der Waals surface area contributed by atoms with Crippen molar-refractivity contribution < 1.29 is 12.8 Å². The Morgan fingerprint density at radius 1 is 1.19 bits per heavy atom. The van der Waals surface area contributed by atoms with Gasteiger partial charge >= 0.3 is 0 Å². The molecule has 3 rings (SSSR count). The highest BCUT2D eigenvalue weighted by molar-refractivity contribution is 7.89. The van der Waals surface area contributed by atoms with Crippen LogP contribution in [0.1, 0.15) is 30.5 Å². The average Bonchev–Trinajstić information content (AvgIpc) is 3.02. The molecule has 1 aliphatic rings. The number of nitrogens with zero attached hydrogens (tertiary/aromatic N) is 2. The van der Waals surface area contributed by atoms with E-state index in [0.29, 0.717) is 36.2 Å². The highest BCUT2D eigenvalue weighted by Gasteiger charge is 2.24. The normalized spacial score (nSPS) is 16.3. The van der Waals surface area contributed by atoms with Crippen molar-refractivity contribution in [3.8, 4) is 0 Å². The Morgan fingerprint density at radius 3 is 2.71 bits per heavy atom. The smallest absolute Gasteiger partial charge is 0.191 e. The molecule has 1 aliphatic heterocycles. The number of nitrogens with one attached hydrogen (secondary N) is 2. The van der Waals surface area contributed by atoms with Gasteiger partial charge in [0.1, 0.15) is 5.82 Å². The van der Waals surface area contributed by atoms with Crippen LogP contribution in [0.25, 0.3) is 0 Å². The van der Waals surface area contributed by atoms with Crippen LogP contribution < -0.4 is 15.5 Å². The Hall–Kier alpha value is -2.61. The summed E-state index contributed by atoms with van der Waals surface area (Å²) in [6, 6.07) is 13.1. The van der Waals surface area contributed by atoms with Crippen LogP contribution in [-0.2, 0) is 28.6 Å². The van der Waals surface area contributed by atoms with Crippen LogP contribution in [-0.4, -0.2) is 46.3 Å². The van der Waals surface area contributed by atoms with E-state index in [0.717, 1.165) is 13.0 Å². The molecule has 2 aromatic rings. The highest BCUT2D eigenvalue weighted by Crippen LogP contribution is 2.31. The van der Waals surface area contributed by atoms with Gasteiger partial charge in [0.25, 0.3) is 0 Å². The fourth-order valence-corrected chi connectivity index (χ4v) is 4.78. The zero-order valence-electron chi connectivity index (χ0n) is 18.4. The highest BCUT2D eigenvalue weighted by atomic mass is 32.2. The van der Waals surface area contributed by atoms with Crippen LogP contribution in [0.4, 0.5) is 10.1 Å². The lowest BCUT2D eigenvalue weighted by Crippen LogP contribution is -2.42. The Bertz CT molecular complexity index is 1040. The first-order valence-electron chi connectivity index (χ1n) is 10.6. The van der Waals surface area contributed by atoms with Crippen molar-refractivity contribution in [2.24, 2.45) is 4.99 Å². The average molecular weight is 447 g/mol. The van der Waals surface area contributed by atoms with E-state index in [1.807, 2.05) is 6.92 Å². The van der Waals surface area contributed by atoms with Crippen molar-refractivity contribution in [3.05, 3.63) is 65.0 Å². The maximum atomic E-state index is 13.8. The summed E-state index contributed by atoms with van der Waals surface area (Å²) in [6.45, 7) is 6.63. The van der Waals surface area contributed by atoms with Crippen LogP contribution in [0.15, 0.2) is 47.5 Å². The number of anilines is 1. The third-order valence-corrected chi connectivity index (χ3v) is 6.17. The lowest BCUT2D eigenvalue weighted by molar-refractivity contribution is 0.600. The number of para-hydroxylation sites is 1. The molecule has 0 amide bonds. The maximum Gasteiger partial charge on any atom is 0.191 e. The summed E-state index contributed by atoms with van der Waals surface area (Å²) < 4.78 is 37.2. The number of halogens is 1. The monoisotopic (exact) mass is 446 g/mol. The van der Waals surface area contributed by atoms with E-state index in [9.17, 15) is 12.8 Å². The molecule has 0 aromatic heterocycles. The van der Waals surface area contributed by atoms with E-state index >= 15 is 0 Å². The summed E-state index contributed by atoms with van der Waals surface area (Å²) in [5.41, 5.74) is 3.81. The molecule has 168 valence electrons. The van der Waals surface area contributed by atoms with Gasteiger partial charge in [-0.15, -0.1) is 0 Å². The molecular weight excluding hydrogens is 415 g/mol. The molecule has 31 heavy (non-hydrogen) atoms. The van der Waals surface area contributed by atoms with E-state index in [2.05, 4.69) is 51.7 Å². The Balaban J connectivity index is 1.66. The van der Waals surface area contributed by atoms with Crippen LogP contribution in [0.3, 0.4) is 0 Å². The summed E-state index contributed by atoms with van der Waals surface area (Å²) in [5, 5.41) is 6.54. The molecular formula is C23H31FN4O2S. The van der Waals surface area contributed by atoms with Crippen LogP contribution in [0.2, 0.25) is 0 Å². The Morgan fingerprint density at radius 2 is 1.97 bits per heavy atom. The first-order chi connectivity index (χ1) is 14.8. The van der Waals surface area contributed by atoms with Gasteiger partial charge in [0.15, 0.2) is 15.8 Å². The summed E-state index contributed by atoms with van der Waals surface area (Å²) in [7, 11) is -3.22. The Kier molecular flexibility index (Phi) is 7.54. The van der Waals surface area contributed by atoms with E-state index in [-0.39, 0.29) is 12.3 Å². The third kappa shape index (κ3) is 6.43. The number of guanidine groups is 1. The first kappa shape index (κ1) is 23.1. The van der Waals surface area contributed by atoms with Gasteiger partial charge in [0.05, 0.1) is 12.3 Å². The van der Waals surface area contributed by atoms with E-state index in [1.54, 1.807) is 0 Å². The minimum Gasteiger partial charge on any atom is -0.367 e. The molecule has 0 radical (unpaired) electrons. The predicted octanol–water partition coefficient (Wildman–Crippen LogP) is 2.88. The fourth-order valence-electron chi connectivity index (χ4n) is 3.94. The molecule has 1 unspecified atom stereocenters. The van der Waals surface area contributed by atoms with Gasteiger partial charge < -0.3 is 15.5 Å². The molecule has 0 fully saturated rings. The minimum absolute atomic E-state index is 0.131. The van der Waals surface area contributed by atoms with Gasteiger partial charge in [-0.1, -0.05) is 24.3 Å². The standard InChI is InChI=1S/C23H31FN4O2S/c1-4-25-23(26-11-12-28-17(2)13-18-7-5-6-8-22(18)28)27-15-20-14-21(24)10-9-19(20)16-31(3,29)30/h5-10,14,17H,4,11-13,15-16H2,1-3H3,(H2,25,26,27). The van der Waals surface area contributed by atoms with Crippen molar-refractivity contribution in [2.75, 3.05) is 30.8 Å². The molecule has 1 heterocycles. The lowest BCUT2D eigenvalue weighted by Gasteiger charge is -2.25. The van der Waals surface area contributed by atoms with Gasteiger partial charge in [0.2, 0.25) is 0 Å². The zero-order chi connectivity index (χ0) is 22.4. The molecule has 0 saturated carbocycles. The van der Waals surface area contributed by atoms with Gasteiger partial charge in [0, 0.05) is 37.6 Å². The lowest BCUT2D eigenvalue weighted by atomic mass is 10.1. The summed E-state index contributed by atoms with van der Waals surface area (Å²) >= 11 is 0. The quantitative estimate of drug-likeness (QED) is 0.482. The van der Waals surface area contributed by atoms with E-state index in [4.69, 9.17) is 0 Å². The van der Waals surface area contributed by atoms with Gasteiger partial charge in [-0.25, -0.2) is 17.8 Å². The van der Waals surface area contributed by atoms with Gasteiger partial charge in [-0.05, 0) is 55.2 Å². The SMILES string of the molecule is CCNC(=NCc1cc(F)ccc1CS(C)(=O)=O)NCCN1c2ccccc2CC1C. The van der Waals surface area contributed by atoms with E-state index in [1.165, 1.54) is 35.7 Å². The minimum atomic E-state index is -3.22. The number of rotatable bonds is 8. The second-order valence-electron chi connectivity index (χ2n) is 7.98. The number of hydrogen-bond donors (Lipinski definition) is 2. The van der Waals surface area contributed by atoms with Gasteiger partial charge in [-0.2, -0.15) is 0 Å². The number of sulfone groups is 1. The van der Waals surface area contributed by atoms with Crippen molar-refractivity contribution in [1.82, 2.24) is 10.6 Å². The summed E-state index contributed by atoms with van der Waals surface area (Å²) in [4.78, 5) is 6.95. The maximum absolute atomic E-state index is 13.8. The number of hydrogen-bond acceptors (Lipinski definition) is 4. The molecule has 0 aliphatic carbocycles. The first-order valence-corrected chi connectivity index (χ1v) is 12.6. The molecule has 2 N–H and O–H groups in total. The van der Waals surface area contributed by atoms with Crippen molar-refractivity contribution >= 4 is 21.5 Å². The number of fused-ring (bicyclic) bond motifs is 1. The van der Waals surface area contributed by atoms with Crippen molar-refractivity contribution in [2.45, 2.75) is 38.6 Å². The second-order valence-corrected chi connectivity index (χ2v) is 10.1. The Labute approximate surface area is 184 Å². The second kappa shape index (κ2) is 10.1. The third-order valence-electron chi connectivity index (χ3n) is 5.33. The van der Waals surface area contributed by atoms with Crippen LogP contribution in [0, 0.1) is 5.82 Å². The van der Waals surface area contributed by atoms with Crippen molar-refractivity contribution in [1.29, 1.82) is 0 Å². The zero-order valence-corrected chi connectivity index (χ0v) is 19.2. The summed E-state index contributed by atoms with van der Waals surface area (Å²) in [6.07, 6.45) is 2.22. The van der Waals surface area contributed by atoms with E-state index < -0.39 is 15.7 Å². The molecule has 0 saturated heterocycles. The molecule has 0 spiro atoms. The van der Waals surface area contributed by atoms with Gasteiger partial charge in [-0.3, -0.25) is 0 Å². The number of aliphatic imine (C=N–C) groups is 1. The predicted molar refractivity (Wildman–Crippen MR) is 125 cm³/mol. The van der Waals surface area contributed by atoms with Crippen LogP contribution >= 0.6 is 0 Å². The van der Waals surface area contributed by atoms with Crippen LogP contribution in [0.5, 0.6) is 0 Å². The summed E-state index contributed by atoms with van der Waals surface area (Å²) in [5.74, 6) is 0.0910. The number of benzene rings is 2. The topological polar surface area (TPSA) is 73.8 Å². The van der Waals surface area contributed by atoms with Crippen molar-refractivity contribution in [3.63, 3.8) is 0 Å². The molecule has 6 nitrogen and oxygen atoms in total. The molecule has 1 atom stereocenters. The molecule has 0 bridgehead atoms. The largest absolute Gasteiger partial charge is 0.367 e.